The van der Waals surface area contributed by atoms with Gasteiger partial charge in [-0.25, -0.2) is 19.3 Å². The molecule has 0 radical (unpaired) electrons. The van der Waals surface area contributed by atoms with E-state index in [9.17, 15) is 9.18 Å². The summed E-state index contributed by atoms with van der Waals surface area (Å²) >= 11 is 0. The van der Waals surface area contributed by atoms with E-state index in [0.717, 1.165) is 62.9 Å². The molecule has 0 aliphatic carbocycles. The molecule has 0 bridgehead atoms. The quantitative estimate of drug-likeness (QED) is 0.209. The van der Waals surface area contributed by atoms with Crippen LogP contribution in [0.25, 0.3) is 11.3 Å². The SMILES string of the molecule is C=C(/C=C(\C=C/C)Nc1ncc(F)c(-c2cnc(NCCC)c(C)c2)n1)NC(=O)CN1CCCCC1.C=CCC. The molecule has 9 heteroatoms. The minimum absolute atomic E-state index is 0.0990. The van der Waals surface area contributed by atoms with Crippen LogP contribution in [0.2, 0.25) is 0 Å². The lowest BCUT2D eigenvalue weighted by atomic mass is 10.1. The van der Waals surface area contributed by atoms with Crippen molar-refractivity contribution in [3.05, 3.63) is 78.7 Å². The number of piperidine rings is 1. The van der Waals surface area contributed by atoms with E-state index in [1.165, 1.54) is 6.42 Å². The van der Waals surface area contributed by atoms with Crippen LogP contribution in [0.3, 0.4) is 0 Å². The van der Waals surface area contributed by atoms with Crippen molar-refractivity contribution in [2.24, 2.45) is 0 Å². The van der Waals surface area contributed by atoms with Gasteiger partial charge in [0, 0.05) is 29.7 Å². The minimum Gasteiger partial charge on any atom is -0.370 e. The van der Waals surface area contributed by atoms with Crippen LogP contribution in [0, 0.1) is 12.7 Å². The number of hydrogen-bond donors (Lipinski definition) is 3. The molecule has 3 N–H and O–H groups in total. The van der Waals surface area contributed by atoms with Crippen molar-refractivity contribution in [3.8, 4) is 11.3 Å². The number of anilines is 2. The van der Waals surface area contributed by atoms with Crippen molar-refractivity contribution in [2.75, 3.05) is 36.8 Å². The highest BCUT2D eigenvalue weighted by Gasteiger charge is 2.15. The zero-order valence-corrected chi connectivity index (χ0v) is 24.4. The molecule has 1 saturated heterocycles. The zero-order chi connectivity index (χ0) is 29.3. The third-order valence-corrected chi connectivity index (χ3v) is 5.97. The second-order valence-electron chi connectivity index (χ2n) is 9.54. The molecule has 40 heavy (non-hydrogen) atoms. The first-order valence-corrected chi connectivity index (χ1v) is 14.0. The van der Waals surface area contributed by atoms with Crippen LogP contribution in [0.5, 0.6) is 0 Å². The van der Waals surface area contributed by atoms with Crippen molar-refractivity contribution in [2.45, 2.75) is 59.8 Å². The predicted octanol–water partition coefficient (Wildman–Crippen LogP) is 6.38. The van der Waals surface area contributed by atoms with Gasteiger partial charge in [-0.3, -0.25) is 9.69 Å². The highest BCUT2D eigenvalue weighted by atomic mass is 19.1. The maximum atomic E-state index is 14.6. The third-order valence-electron chi connectivity index (χ3n) is 5.97. The Morgan fingerprint density at radius 2 is 1.90 bits per heavy atom. The minimum atomic E-state index is -0.540. The van der Waals surface area contributed by atoms with Gasteiger partial charge >= 0.3 is 0 Å². The average molecular weight is 550 g/mol. The van der Waals surface area contributed by atoms with Gasteiger partial charge in [0.1, 0.15) is 11.5 Å². The summed E-state index contributed by atoms with van der Waals surface area (Å²) in [6, 6.07) is 1.85. The standard InChI is InChI=1S/C27H36FN7O.C4H8/c1-5-10-22(15-20(4)32-24(36)18-35-12-8-7-9-13-35)33-27-31-17-23(28)25(34-27)21-14-19(3)26(30-16-21)29-11-6-2;1-3-4-2/h5,10,14-17H,4,6-9,11-13,18H2,1-3H3,(H,29,30)(H,32,36)(H,31,33,34);3H,1,4H2,2H3/b10-5-,22-15+;. The molecule has 0 atom stereocenters. The average Bonchev–Trinajstić information content (AvgIpc) is 2.94. The molecule has 3 heterocycles. The van der Waals surface area contributed by atoms with E-state index < -0.39 is 5.82 Å². The number of carbonyl (C=O) groups is 1. The Hall–Kier alpha value is -3.85. The number of rotatable bonds is 12. The largest absolute Gasteiger partial charge is 0.370 e. The maximum absolute atomic E-state index is 14.6. The van der Waals surface area contributed by atoms with Gasteiger partial charge in [0.15, 0.2) is 5.82 Å². The Labute approximate surface area is 238 Å². The van der Waals surface area contributed by atoms with Crippen molar-refractivity contribution in [3.63, 3.8) is 0 Å². The van der Waals surface area contributed by atoms with Crippen molar-refractivity contribution < 1.29 is 9.18 Å². The second kappa shape index (κ2) is 17.7. The number of amides is 1. The molecule has 8 nitrogen and oxygen atoms in total. The fourth-order valence-corrected chi connectivity index (χ4v) is 3.96. The van der Waals surface area contributed by atoms with E-state index in [-0.39, 0.29) is 17.5 Å². The van der Waals surface area contributed by atoms with E-state index in [2.05, 4.69) is 62.8 Å². The number of halogens is 1. The molecule has 1 amide bonds. The molecule has 0 unspecified atom stereocenters. The molecule has 1 aliphatic rings. The van der Waals surface area contributed by atoms with Crippen LogP contribution in [0.1, 0.15) is 58.4 Å². The van der Waals surface area contributed by atoms with Gasteiger partial charge in [-0.1, -0.05) is 39.0 Å². The molecule has 0 saturated carbocycles. The summed E-state index contributed by atoms with van der Waals surface area (Å²) < 4.78 is 14.6. The van der Waals surface area contributed by atoms with Crippen LogP contribution in [0.15, 0.2) is 67.3 Å². The summed E-state index contributed by atoms with van der Waals surface area (Å²) in [5.41, 5.74) is 2.66. The number of allylic oxidation sites excluding steroid dienone is 4. The molecule has 3 rings (SSSR count). The Kier molecular flexibility index (Phi) is 14.3. The number of carbonyl (C=O) groups excluding carboxylic acids is 1. The predicted molar refractivity (Wildman–Crippen MR) is 163 cm³/mol. The molecule has 1 aliphatic heterocycles. The molecule has 2 aromatic rings. The maximum Gasteiger partial charge on any atom is 0.238 e. The molecular formula is C31H44FN7O. The third kappa shape index (κ3) is 11.1. The van der Waals surface area contributed by atoms with Crippen LogP contribution in [-0.2, 0) is 4.79 Å². The number of nitrogens with one attached hydrogen (secondary N) is 3. The van der Waals surface area contributed by atoms with Gasteiger partial charge in [0.25, 0.3) is 0 Å². The van der Waals surface area contributed by atoms with E-state index in [1.54, 1.807) is 18.3 Å². The lowest BCUT2D eigenvalue weighted by molar-refractivity contribution is -0.121. The smallest absolute Gasteiger partial charge is 0.238 e. The summed E-state index contributed by atoms with van der Waals surface area (Å²) in [6.07, 6.45) is 15.5. The lowest BCUT2D eigenvalue weighted by Gasteiger charge is -2.25. The summed E-state index contributed by atoms with van der Waals surface area (Å²) in [5, 5.41) is 9.18. The Balaban J connectivity index is 0.00000131. The van der Waals surface area contributed by atoms with E-state index >= 15 is 0 Å². The summed E-state index contributed by atoms with van der Waals surface area (Å²) in [4.78, 5) is 27.5. The first-order valence-electron chi connectivity index (χ1n) is 14.0. The fraction of sp³-hybridized carbons (Fsp3) is 0.419. The zero-order valence-electron chi connectivity index (χ0n) is 24.4. The Morgan fingerprint density at radius 3 is 2.52 bits per heavy atom. The highest BCUT2D eigenvalue weighted by molar-refractivity contribution is 5.80. The van der Waals surface area contributed by atoms with E-state index in [4.69, 9.17) is 0 Å². The fourth-order valence-electron chi connectivity index (χ4n) is 3.96. The summed E-state index contributed by atoms with van der Waals surface area (Å²) in [6.45, 7) is 18.4. The molecule has 2 aromatic heterocycles. The highest BCUT2D eigenvalue weighted by Crippen LogP contribution is 2.24. The number of pyridine rings is 1. The molecule has 0 spiro atoms. The number of aryl methyl sites for hydroxylation is 1. The summed E-state index contributed by atoms with van der Waals surface area (Å²) in [7, 11) is 0. The lowest BCUT2D eigenvalue weighted by Crippen LogP contribution is -2.39. The van der Waals surface area contributed by atoms with Crippen LogP contribution in [-0.4, -0.2) is 51.9 Å². The normalized spacial score (nSPS) is 13.8. The van der Waals surface area contributed by atoms with Gasteiger partial charge in [-0.15, -0.1) is 6.58 Å². The van der Waals surface area contributed by atoms with Gasteiger partial charge in [0.2, 0.25) is 11.9 Å². The van der Waals surface area contributed by atoms with Crippen molar-refractivity contribution >= 4 is 17.7 Å². The molecule has 1 fully saturated rings. The first kappa shape index (κ1) is 32.4. The van der Waals surface area contributed by atoms with E-state index in [0.29, 0.717) is 23.5 Å². The molecule has 0 aromatic carbocycles. The van der Waals surface area contributed by atoms with Crippen molar-refractivity contribution in [1.82, 2.24) is 25.2 Å². The number of nitrogens with zero attached hydrogens (tertiary/aromatic N) is 4. The van der Waals surface area contributed by atoms with Gasteiger partial charge in [-0.05, 0) is 76.4 Å². The van der Waals surface area contributed by atoms with Crippen LogP contribution >= 0.6 is 0 Å². The topological polar surface area (TPSA) is 95.1 Å². The Bertz CT molecular complexity index is 1190. The molecular weight excluding hydrogens is 505 g/mol. The van der Waals surface area contributed by atoms with Crippen LogP contribution in [0.4, 0.5) is 16.2 Å². The van der Waals surface area contributed by atoms with Gasteiger partial charge < -0.3 is 16.0 Å². The van der Waals surface area contributed by atoms with Gasteiger partial charge in [0.05, 0.1) is 12.7 Å². The second-order valence-corrected chi connectivity index (χ2v) is 9.54. The first-order chi connectivity index (χ1) is 19.3. The van der Waals surface area contributed by atoms with Crippen LogP contribution < -0.4 is 16.0 Å². The van der Waals surface area contributed by atoms with Gasteiger partial charge in [-0.2, -0.15) is 0 Å². The molecule has 216 valence electrons. The number of hydrogen-bond acceptors (Lipinski definition) is 7. The number of likely N-dealkylation sites (tertiary alicyclic amines) is 1. The van der Waals surface area contributed by atoms with Crippen molar-refractivity contribution in [1.29, 1.82) is 0 Å². The van der Waals surface area contributed by atoms with E-state index in [1.807, 2.05) is 32.1 Å². The Morgan fingerprint density at radius 1 is 1.18 bits per heavy atom. The number of aromatic nitrogens is 3. The summed E-state index contributed by atoms with van der Waals surface area (Å²) in [5.74, 6) is 0.349. The monoisotopic (exact) mass is 549 g/mol.